The Morgan fingerprint density at radius 3 is 1.38 bits per heavy atom. The van der Waals surface area contributed by atoms with E-state index in [0.29, 0.717) is 0 Å². The van der Waals surface area contributed by atoms with Crippen LogP contribution in [0.1, 0.15) is 25.0 Å². The van der Waals surface area contributed by atoms with Crippen molar-refractivity contribution in [3.63, 3.8) is 0 Å². The fraction of sp³-hybridized carbons (Fsp3) is 0.200. The van der Waals surface area contributed by atoms with E-state index in [0.717, 1.165) is 20.0 Å². The quantitative estimate of drug-likeness (QED) is 0.526. The molecule has 2 aromatic rings. The van der Waals surface area contributed by atoms with Gasteiger partial charge in [-0.15, -0.1) is 0 Å². The number of benzene rings is 2. The van der Waals surface area contributed by atoms with Gasteiger partial charge in [0.05, 0.1) is 0 Å². The molecule has 0 aliphatic carbocycles. The third-order valence-corrected chi connectivity index (χ3v) is 14.0. The molecule has 2 aromatic carbocycles. The number of rotatable bonds is 2. The van der Waals surface area contributed by atoms with Crippen LogP contribution in [0.4, 0.5) is 0 Å². The van der Waals surface area contributed by atoms with Crippen molar-refractivity contribution in [2.45, 2.75) is 22.7 Å². The third-order valence-electron chi connectivity index (χ3n) is 3.65. The summed E-state index contributed by atoms with van der Waals surface area (Å²) < 4.78 is 9.50. The monoisotopic (exact) mass is 380 g/mol. The molecule has 0 aromatic heterocycles. The second-order valence-electron chi connectivity index (χ2n) is 5.02. The zero-order chi connectivity index (χ0) is 15.0. The molecule has 0 bridgehead atoms. The van der Waals surface area contributed by atoms with Crippen LogP contribution in [-0.4, -0.2) is 18.4 Å². The van der Waals surface area contributed by atoms with E-state index in [9.17, 15) is 0 Å². The topological polar surface area (TPSA) is 0 Å². The van der Waals surface area contributed by atoms with Crippen LogP contribution >= 0.6 is 0 Å². The van der Waals surface area contributed by atoms with Crippen molar-refractivity contribution in [2.24, 2.45) is 0 Å². The molecule has 0 fully saturated rings. The van der Waals surface area contributed by atoms with Crippen LogP contribution in [0.5, 0.6) is 0 Å². The molecule has 104 valence electrons. The molecule has 0 heterocycles. The van der Waals surface area contributed by atoms with Gasteiger partial charge in [0.25, 0.3) is 0 Å². The predicted molar refractivity (Wildman–Crippen MR) is 93.4 cm³/mol. The van der Waals surface area contributed by atoms with Gasteiger partial charge in [0.2, 0.25) is 0 Å². The molecular formula is C20H20Sn. The maximum atomic E-state index is 3.61. The summed E-state index contributed by atoms with van der Waals surface area (Å²) in [4.78, 5) is 0. The standard InChI is InChI=1S/2C8H5.2C2H5.Sn/c2*1-2-8-6-4-3-5-7-8;2*1-2;/h2*3-7H;2*1H2,2H3;. The van der Waals surface area contributed by atoms with Crippen LogP contribution in [0, 0.1) is 19.7 Å². The molecule has 0 amide bonds. The summed E-state index contributed by atoms with van der Waals surface area (Å²) in [6.07, 6.45) is 0. The van der Waals surface area contributed by atoms with E-state index in [1.54, 1.807) is 0 Å². The molecule has 0 saturated carbocycles. The number of hydrogen-bond donors (Lipinski definition) is 0. The van der Waals surface area contributed by atoms with Gasteiger partial charge in [-0.1, -0.05) is 0 Å². The summed E-state index contributed by atoms with van der Waals surface area (Å²) in [5.41, 5.74) is 2.20. The first kappa shape index (κ1) is 15.7. The summed E-state index contributed by atoms with van der Waals surface area (Å²) >= 11 is -2.65. The van der Waals surface area contributed by atoms with Gasteiger partial charge in [0.15, 0.2) is 0 Å². The molecule has 0 nitrogen and oxygen atoms in total. The zero-order valence-corrected chi connectivity index (χ0v) is 15.5. The van der Waals surface area contributed by atoms with Crippen molar-refractivity contribution in [1.82, 2.24) is 0 Å². The molecule has 0 aliphatic heterocycles. The van der Waals surface area contributed by atoms with Crippen molar-refractivity contribution in [3.05, 3.63) is 71.8 Å². The second kappa shape index (κ2) is 7.96. The van der Waals surface area contributed by atoms with E-state index in [4.69, 9.17) is 0 Å². The Balaban J connectivity index is 2.30. The molecule has 21 heavy (non-hydrogen) atoms. The molecule has 1 heteroatoms. The van der Waals surface area contributed by atoms with Crippen LogP contribution in [0.25, 0.3) is 0 Å². The average Bonchev–Trinajstić information content (AvgIpc) is 2.58. The van der Waals surface area contributed by atoms with Crippen LogP contribution in [0.2, 0.25) is 8.87 Å². The normalized spacial score (nSPS) is 10.0. The van der Waals surface area contributed by atoms with Gasteiger partial charge in [-0.3, -0.25) is 0 Å². The van der Waals surface area contributed by atoms with Crippen LogP contribution in [0.3, 0.4) is 0 Å². The Morgan fingerprint density at radius 2 is 1.05 bits per heavy atom. The molecular weight excluding hydrogens is 359 g/mol. The number of hydrogen-bond acceptors (Lipinski definition) is 0. The maximum absolute atomic E-state index is 3.61. The first-order valence-corrected chi connectivity index (χ1v) is 14.3. The van der Waals surface area contributed by atoms with E-state index in [1.165, 1.54) is 0 Å². The van der Waals surface area contributed by atoms with E-state index in [1.807, 2.05) is 36.4 Å². The Morgan fingerprint density at radius 1 is 0.667 bits per heavy atom. The fourth-order valence-corrected chi connectivity index (χ4v) is 7.87. The molecule has 0 spiro atoms. The van der Waals surface area contributed by atoms with E-state index in [-0.39, 0.29) is 0 Å². The minimum atomic E-state index is -2.65. The van der Waals surface area contributed by atoms with Crippen molar-refractivity contribution in [1.29, 1.82) is 0 Å². The van der Waals surface area contributed by atoms with Crippen LogP contribution < -0.4 is 0 Å². The van der Waals surface area contributed by atoms with Crippen LogP contribution in [0.15, 0.2) is 60.7 Å². The van der Waals surface area contributed by atoms with Gasteiger partial charge in [0, 0.05) is 0 Å². The average molecular weight is 379 g/mol. The molecule has 0 unspecified atom stereocenters. The van der Waals surface area contributed by atoms with Gasteiger partial charge < -0.3 is 0 Å². The minimum absolute atomic E-state index is 1.10. The second-order valence-corrected chi connectivity index (χ2v) is 16.7. The Bertz CT molecular complexity index is 615. The first-order valence-electron chi connectivity index (χ1n) is 7.44. The summed E-state index contributed by atoms with van der Waals surface area (Å²) in [7, 11) is 0. The van der Waals surface area contributed by atoms with Crippen LogP contribution in [-0.2, 0) is 0 Å². The van der Waals surface area contributed by atoms with Gasteiger partial charge in [-0.2, -0.15) is 0 Å². The zero-order valence-electron chi connectivity index (χ0n) is 12.7. The van der Waals surface area contributed by atoms with Crippen molar-refractivity contribution < 1.29 is 0 Å². The first-order chi connectivity index (χ1) is 10.3. The van der Waals surface area contributed by atoms with E-state index < -0.39 is 18.4 Å². The Hall–Kier alpha value is -1.64. The van der Waals surface area contributed by atoms with Crippen molar-refractivity contribution in [2.75, 3.05) is 0 Å². The Labute approximate surface area is 132 Å². The summed E-state index contributed by atoms with van der Waals surface area (Å²) in [5, 5.41) is 0. The fourth-order valence-electron chi connectivity index (χ4n) is 2.06. The van der Waals surface area contributed by atoms with Gasteiger partial charge in [-0.05, 0) is 0 Å². The molecule has 0 atom stereocenters. The summed E-state index contributed by atoms with van der Waals surface area (Å²) in [6, 6.07) is 20.5. The van der Waals surface area contributed by atoms with Crippen molar-refractivity contribution in [3.8, 4) is 19.7 Å². The van der Waals surface area contributed by atoms with E-state index >= 15 is 0 Å². The molecule has 0 saturated heterocycles. The van der Waals surface area contributed by atoms with Gasteiger partial charge in [-0.25, -0.2) is 0 Å². The van der Waals surface area contributed by atoms with E-state index in [2.05, 4.69) is 57.8 Å². The van der Waals surface area contributed by atoms with Gasteiger partial charge in [0.1, 0.15) is 0 Å². The molecule has 0 aliphatic rings. The van der Waals surface area contributed by atoms with Gasteiger partial charge >= 0.3 is 133 Å². The molecule has 0 N–H and O–H groups in total. The summed E-state index contributed by atoms with van der Waals surface area (Å²) in [5.74, 6) is 6.73. The van der Waals surface area contributed by atoms with Crippen molar-refractivity contribution >= 4 is 18.4 Å². The molecule has 2 rings (SSSR count). The SMILES string of the molecule is C[CH2][Sn]([C]#Cc1ccccc1)([C]#Cc1ccccc1)[CH2]C. The predicted octanol–water partition coefficient (Wildman–Crippen LogP) is 4.66. The molecule has 0 radical (unpaired) electrons. The Kier molecular flexibility index (Phi) is 5.97. The third kappa shape index (κ3) is 4.69. The summed E-state index contributed by atoms with van der Waals surface area (Å²) in [6.45, 7) is 4.50.